The predicted molar refractivity (Wildman–Crippen MR) is 267 cm³/mol. The summed E-state index contributed by atoms with van der Waals surface area (Å²) in [6.45, 7) is 14.0. The number of carbonyl (C=O) groups is 6. The number of nitrogens with one attached hydrogen (secondary N) is 6. The average molecular weight is 981 g/mol. The Morgan fingerprint density at radius 3 is 1.60 bits per heavy atom. The Balaban J connectivity index is 1.11. The number of benzene rings is 2. The first-order valence-electron chi connectivity index (χ1n) is 25.0. The Morgan fingerprint density at radius 1 is 0.557 bits per heavy atom. The summed E-state index contributed by atoms with van der Waals surface area (Å²) in [5.74, 6) is -0.376. The van der Waals surface area contributed by atoms with Gasteiger partial charge in [0, 0.05) is 64.7 Å². The van der Waals surface area contributed by atoms with Crippen LogP contribution in [0.5, 0.6) is 0 Å². The van der Waals surface area contributed by atoms with Gasteiger partial charge in [0.15, 0.2) is 0 Å². The van der Waals surface area contributed by atoms with Gasteiger partial charge in [0.25, 0.3) is 0 Å². The monoisotopic (exact) mass is 981 g/mol. The molecule has 0 radical (unpaired) electrons. The molecule has 70 heavy (non-hydrogen) atoms. The second-order valence-corrected chi connectivity index (χ2v) is 17.9. The molecule has 0 aliphatic heterocycles. The molecule has 6 N–H and O–H groups in total. The third kappa shape index (κ3) is 26.3. The van der Waals surface area contributed by atoms with Gasteiger partial charge in [-0.25, -0.2) is 14.4 Å². The fraction of sp³-hybridized carbons (Fsp3) is 0.615. The fourth-order valence-electron chi connectivity index (χ4n) is 7.44. The maximum Gasteiger partial charge on any atom is 0.408 e. The van der Waals surface area contributed by atoms with Crippen molar-refractivity contribution in [2.24, 2.45) is 0 Å². The smallest absolute Gasteiger partial charge is 0.408 e. The lowest BCUT2D eigenvalue weighted by molar-refractivity contribution is -0.123. The van der Waals surface area contributed by atoms with Crippen molar-refractivity contribution in [1.82, 2.24) is 31.9 Å². The van der Waals surface area contributed by atoms with E-state index in [0.29, 0.717) is 124 Å². The van der Waals surface area contributed by atoms with Gasteiger partial charge in [-0.05, 0) is 101 Å². The molecular weight excluding hydrogens is 901 g/mol. The van der Waals surface area contributed by atoms with Gasteiger partial charge >= 0.3 is 18.3 Å². The lowest BCUT2D eigenvalue weighted by Crippen LogP contribution is -2.47. The number of amides is 6. The van der Waals surface area contributed by atoms with Crippen LogP contribution in [0.1, 0.15) is 121 Å². The van der Waals surface area contributed by atoms with Crippen molar-refractivity contribution in [2.75, 3.05) is 85.6 Å². The summed E-state index contributed by atoms with van der Waals surface area (Å²) in [5, 5.41) is 16.8. The molecule has 1 aliphatic carbocycles. The maximum atomic E-state index is 13.0. The Kier molecular flexibility index (Phi) is 29.6. The molecule has 0 unspecified atom stereocenters. The number of hydrogen-bond acceptors (Lipinski definition) is 12. The molecule has 0 aromatic heterocycles. The summed E-state index contributed by atoms with van der Waals surface area (Å²) < 4.78 is 32.6. The van der Waals surface area contributed by atoms with Gasteiger partial charge in [-0.3, -0.25) is 14.4 Å². The maximum absolute atomic E-state index is 13.0. The van der Waals surface area contributed by atoms with Gasteiger partial charge in [-0.1, -0.05) is 74.0 Å². The Morgan fingerprint density at radius 2 is 1.04 bits per heavy atom. The molecule has 0 saturated carbocycles. The van der Waals surface area contributed by atoms with Crippen molar-refractivity contribution in [1.29, 1.82) is 0 Å². The van der Waals surface area contributed by atoms with Gasteiger partial charge < -0.3 is 60.3 Å². The lowest BCUT2D eigenvalue weighted by Gasteiger charge is -2.19. The molecule has 18 nitrogen and oxygen atoms in total. The molecule has 2 aromatic carbocycles. The molecule has 390 valence electrons. The van der Waals surface area contributed by atoms with Crippen LogP contribution in [0.25, 0.3) is 11.1 Å². The van der Waals surface area contributed by atoms with E-state index >= 15 is 0 Å². The van der Waals surface area contributed by atoms with Crippen LogP contribution >= 0.6 is 0 Å². The lowest BCUT2D eigenvalue weighted by atomic mass is 9.98. The molecule has 6 amide bonds. The molecule has 0 bridgehead atoms. The third-order valence-corrected chi connectivity index (χ3v) is 10.9. The van der Waals surface area contributed by atoms with Crippen LogP contribution in [-0.2, 0) is 42.8 Å². The summed E-state index contributed by atoms with van der Waals surface area (Å²) in [7, 11) is 0. The minimum atomic E-state index is -0.809. The van der Waals surface area contributed by atoms with Gasteiger partial charge in [-0.2, -0.15) is 0 Å². The van der Waals surface area contributed by atoms with Crippen LogP contribution in [0.2, 0.25) is 0 Å². The van der Waals surface area contributed by atoms with E-state index in [0.717, 1.165) is 32.1 Å². The number of hydrogen-bond donors (Lipinski definition) is 6. The van der Waals surface area contributed by atoms with Crippen LogP contribution in [-0.4, -0.2) is 133 Å². The standard InChI is InChI=1S/C52H80N6O12/c1-5-32-68-51(64)58-45(24-14-17-28-54-47(60)25-8-6-15-27-53-46(59)26-9-7-16-29-57-50(63)70-52(2,3)4)48(61)55-30-18-33-65-35-37-67-38-36-66-34-19-31-56-49(62)69-39-44-42-22-12-10-20-40(42)41-21-11-13-23-43(41)44/h5,10-13,20-23,44-45H,1,6-9,14-19,24-39H2,2-4H3,(H,53,59)(H,54,60)(H,55,61)(H,56,62)(H,57,63)(H,58,64)/t45-/m0/s1. The highest BCUT2D eigenvalue weighted by molar-refractivity contribution is 5.85. The minimum Gasteiger partial charge on any atom is -0.449 e. The van der Waals surface area contributed by atoms with E-state index in [1.165, 1.54) is 28.3 Å². The number of rotatable bonds is 37. The minimum absolute atomic E-state index is 0.00135. The molecule has 0 heterocycles. The third-order valence-electron chi connectivity index (χ3n) is 10.9. The zero-order valence-corrected chi connectivity index (χ0v) is 41.8. The predicted octanol–water partition coefficient (Wildman–Crippen LogP) is 6.80. The summed E-state index contributed by atoms with van der Waals surface area (Å²) in [5.41, 5.74) is 4.18. The van der Waals surface area contributed by atoms with Crippen molar-refractivity contribution in [2.45, 2.75) is 122 Å². The van der Waals surface area contributed by atoms with Crippen molar-refractivity contribution >= 4 is 36.0 Å². The summed E-state index contributed by atoms with van der Waals surface area (Å²) in [4.78, 5) is 73.7. The van der Waals surface area contributed by atoms with Crippen LogP contribution < -0.4 is 31.9 Å². The van der Waals surface area contributed by atoms with E-state index in [1.807, 2.05) is 45.0 Å². The number of alkyl carbamates (subject to hydrolysis) is 3. The van der Waals surface area contributed by atoms with Gasteiger partial charge in [0.2, 0.25) is 17.7 Å². The molecule has 18 heteroatoms. The van der Waals surface area contributed by atoms with Crippen LogP contribution in [0.4, 0.5) is 14.4 Å². The SMILES string of the molecule is C=CCOC(=O)N[C@@H](CCCCNC(=O)CCCCCNC(=O)CCCCCNC(=O)OC(C)(C)C)C(=O)NCCCOCCOCCOCCCNC(=O)OCC1c2ccccc2-c2ccccc21. The number of carbonyl (C=O) groups excluding carboxylic acids is 6. The first-order chi connectivity index (χ1) is 33.9. The highest BCUT2D eigenvalue weighted by Crippen LogP contribution is 2.44. The van der Waals surface area contributed by atoms with Crippen LogP contribution in [0, 0.1) is 0 Å². The van der Waals surface area contributed by atoms with Gasteiger partial charge in [-0.15, -0.1) is 0 Å². The van der Waals surface area contributed by atoms with Crippen molar-refractivity contribution in [3.8, 4) is 11.1 Å². The van der Waals surface area contributed by atoms with E-state index in [-0.39, 0.29) is 36.9 Å². The van der Waals surface area contributed by atoms with E-state index < -0.39 is 29.9 Å². The second-order valence-electron chi connectivity index (χ2n) is 17.9. The largest absolute Gasteiger partial charge is 0.449 e. The molecule has 0 fully saturated rings. The number of fused-ring (bicyclic) bond motifs is 3. The van der Waals surface area contributed by atoms with E-state index in [1.54, 1.807) is 0 Å². The zero-order chi connectivity index (χ0) is 50.7. The van der Waals surface area contributed by atoms with Crippen molar-refractivity contribution < 1.29 is 57.2 Å². The Hall–Kier alpha value is -5.72. The topological polar surface area (TPSA) is 230 Å². The van der Waals surface area contributed by atoms with Crippen LogP contribution in [0.15, 0.2) is 61.2 Å². The number of unbranched alkanes of at least 4 members (excludes halogenated alkanes) is 5. The van der Waals surface area contributed by atoms with Crippen molar-refractivity contribution in [3.63, 3.8) is 0 Å². The summed E-state index contributed by atoms with van der Waals surface area (Å²) in [6.07, 6.45) is 8.04. The molecule has 0 saturated heterocycles. The fourth-order valence-corrected chi connectivity index (χ4v) is 7.44. The molecule has 3 rings (SSSR count). The van der Waals surface area contributed by atoms with E-state index in [2.05, 4.69) is 62.7 Å². The molecule has 1 atom stereocenters. The van der Waals surface area contributed by atoms with Crippen LogP contribution in [0.3, 0.4) is 0 Å². The Labute approximate surface area is 414 Å². The highest BCUT2D eigenvalue weighted by atomic mass is 16.6. The van der Waals surface area contributed by atoms with E-state index in [4.69, 9.17) is 28.4 Å². The number of ether oxygens (including phenoxy) is 6. The first-order valence-corrected chi connectivity index (χ1v) is 25.0. The second kappa shape index (κ2) is 35.4. The normalized spacial score (nSPS) is 12.2. The average Bonchev–Trinajstić information content (AvgIpc) is 3.65. The van der Waals surface area contributed by atoms with Gasteiger partial charge in [0.1, 0.15) is 24.9 Å². The van der Waals surface area contributed by atoms with Crippen molar-refractivity contribution in [3.05, 3.63) is 72.3 Å². The first kappa shape index (κ1) is 58.6. The quantitative estimate of drug-likeness (QED) is 0.0233. The van der Waals surface area contributed by atoms with Gasteiger partial charge in [0.05, 0.1) is 26.4 Å². The molecular formula is C52H80N6O12. The zero-order valence-electron chi connectivity index (χ0n) is 41.8. The summed E-state index contributed by atoms with van der Waals surface area (Å²) in [6, 6.07) is 15.6. The summed E-state index contributed by atoms with van der Waals surface area (Å²) >= 11 is 0. The molecule has 2 aromatic rings. The molecule has 1 aliphatic rings. The Bertz CT molecular complexity index is 1830. The highest BCUT2D eigenvalue weighted by Gasteiger charge is 2.29. The van der Waals surface area contributed by atoms with E-state index in [9.17, 15) is 28.8 Å². The molecule has 0 spiro atoms.